The minimum absolute atomic E-state index is 0.672. The van der Waals surface area contributed by atoms with Gasteiger partial charge in [-0.3, -0.25) is 0 Å². The van der Waals surface area contributed by atoms with Crippen LogP contribution in [-0.2, 0) is 0 Å². The Bertz CT molecular complexity index is 609. The highest BCUT2D eigenvalue weighted by molar-refractivity contribution is 5.91. The summed E-state index contributed by atoms with van der Waals surface area (Å²) >= 11 is 0. The molecule has 0 bridgehead atoms. The lowest BCUT2D eigenvalue weighted by Gasteiger charge is -1.97. The highest BCUT2D eigenvalue weighted by atomic mass is 16.4. The number of aromatic amines is 1. The van der Waals surface area contributed by atoms with E-state index in [-0.39, 0.29) is 0 Å². The number of oxazole rings is 1. The molecule has 0 aliphatic carbocycles. The zero-order valence-electron chi connectivity index (χ0n) is 8.19. The van der Waals surface area contributed by atoms with Crippen LogP contribution in [0.2, 0.25) is 0 Å². The second-order valence-electron chi connectivity index (χ2n) is 3.34. The van der Waals surface area contributed by atoms with Gasteiger partial charge in [0.1, 0.15) is 5.65 Å². The summed E-state index contributed by atoms with van der Waals surface area (Å²) in [5.41, 5.74) is 1.88. The third-order valence-corrected chi connectivity index (χ3v) is 2.35. The fourth-order valence-corrected chi connectivity index (χ4v) is 1.66. The molecule has 4 nitrogen and oxygen atoms in total. The Hall–Kier alpha value is -2.10. The average molecular weight is 199 g/mol. The summed E-state index contributed by atoms with van der Waals surface area (Å²) < 4.78 is 5.49. The highest BCUT2D eigenvalue weighted by Gasteiger charge is 2.08. The number of pyridine rings is 1. The first-order valence-electron chi connectivity index (χ1n) is 4.69. The predicted octanol–water partition coefficient (Wildman–Crippen LogP) is 2.53. The third-order valence-electron chi connectivity index (χ3n) is 2.35. The van der Waals surface area contributed by atoms with E-state index in [4.69, 9.17) is 4.42 Å². The Balaban J connectivity index is 2.30. The van der Waals surface area contributed by atoms with Gasteiger partial charge in [0.15, 0.2) is 11.7 Å². The minimum Gasteiger partial charge on any atom is -0.441 e. The Morgan fingerprint density at radius 3 is 3.00 bits per heavy atom. The molecule has 0 spiro atoms. The normalized spacial score (nSPS) is 11.0. The van der Waals surface area contributed by atoms with Gasteiger partial charge in [0, 0.05) is 30.3 Å². The fraction of sp³-hybridized carbons (Fsp3) is 0.0909. The Morgan fingerprint density at radius 2 is 2.20 bits per heavy atom. The molecular formula is C11H9N3O. The molecule has 1 N–H and O–H groups in total. The molecule has 74 valence electrons. The SMILES string of the molecule is Cc1ncc(-c2ccnc3[nH]ccc23)o1. The van der Waals surface area contributed by atoms with Crippen LogP contribution in [0.3, 0.4) is 0 Å². The van der Waals surface area contributed by atoms with Gasteiger partial charge in [0.25, 0.3) is 0 Å². The Morgan fingerprint density at radius 1 is 1.27 bits per heavy atom. The summed E-state index contributed by atoms with van der Waals surface area (Å²) in [7, 11) is 0. The van der Waals surface area contributed by atoms with Gasteiger partial charge in [0.05, 0.1) is 6.20 Å². The van der Waals surface area contributed by atoms with E-state index in [2.05, 4.69) is 15.0 Å². The summed E-state index contributed by atoms with van der Waals surface area (Å²) in [6, 6.07) is 3.91. The lowest BCUT2D eigenvalue weighted by atomic mass is 10.1. The molecule has 3 rings (SSSR count). The Labute approximate surface area is 86.0 Å². The summed E-state index contributed by atoms with van der Waals surface area (Å²) in [5, 5.41) is 1.05. The first-order valence-corrected chi connectivity index (χ1v) is 4.69. The smallest absolute Gasteiger partial charge is 0.191 e. The number of aryl methyl sites for hydroxylation is 1. The van der Waals surface area contributed by atoms with Crippen molar-refractivity contribution in [3.63, 3.8) is 0 Å². The van der Waals surface area contributed by atoms with E-state index < -0.39 is 0 Å². The number of aromatic nitrogens is 3. The van der Waals surface area contributed by atoms with Crippen LogP contribution in [0.4, 0.5) is 0 Å². The Kier molecular flexibility index (Phi) is 1.62. The zero-order chi connectivity index (χ0) is 10.3. The molecule has 3 heterocycles. The van der Waals surface area contributed by atoms with Gasteiger partial charge in [-0.1, -0.05) is 0 Å². The number of rotatable bonds is 1. The molecule has 0 atom stereocenters. The molecule has 0 aliphatic heterocycles. The molecule has 0 amide bonds. The van der Waals surface area contributed by atoms with E-state index in [0.29, 0.717) is 5.89 Å². The van der Waals surface area contributed by atoms with E-state index in [1.54, 1.807) is 12.4 Å². The summed E-state index contributed by atoms with van der Waals surface area (Å²) in [6.07, 6.45) is 5.35. The first-order chi connectivity index (χ1) is 7.34. The number of hydrogen-bond acceptors (Lipinski definition) is 3. The van der Waals surface area contributed by atoms with Gasteiger partial charge >= 0.3 is 0 Å². The van der Waals surface area contributed by atoms with Gasteiger partial charge in [0.2, 0.25) is 0 Å². The van der Waals surface area contributed by atoms with Crippen LogP contribution in [0.25, 0.3) is 22.4 Å². The lowest BCUT2D eigenvalue weighted by Crippen LogP contribution is -1.79. The van der Waals surface area contributed by atoms with Crippen molar-refractivity contribution in [1.82, 2.24) is 15.0 Å². The van der Waals surface area contributed by atoms with Crippen LogP contribution in [0.15, 0.2) is 35.1 Å². The number of H-pyrrole nitrogens is 1. The molecule has 0 fully saturated rings. The van der Waals surface area contributed by atoms with Gasteiger partial charge in [-0.05, 0) is 12.1 Å². The van der Waals surface area contributed by atoms with Crippen LogP contribution in [-0.4, -0.2) is 15.0 Å². The van der Waals surface area contributed by atoms with Crippen LogP contribution in [0, 0.1) is 6.92 Å². The molecule has 0 radical (unpaired) electrons. The van der Waals surface area contributed by atoms with Crippen molar-refractivity contribution in [3.8, 4) is 11.3 Å². The maximum absolute atomic E-state index is 5.49. The van der Waals surface area contributed by atoms with E-state index in [9.17, 15) is 0 Å². The van der Waals surface area contributed by atoms with Crippen LogP contribution in [0.5, 0.6) is 0 Å². The molecule has 4 heteroatoms. The molecule has 0 aromatic carbocycles. The molecule has 15 heavy (non-hydrogen) atoms. The van der Waals surface area contributed by atoms with E-state index >= 15 is 0 Å². The van der Waals surface area contributed by atoms with Crippen molar-refractivity contribution < 1.29 is 4.42 Å². The quantitative estimate of drug-likeness (QED) is 0.655. The van der Waals surface area contributed by atoms with Crippen molar-refractivity contribution in [2.75, 3.05) is 0 Å². The average Bonchev–Trinajstić information content (AvgIpc) is 2.84. The lowest BCUT2D eigenvalue weighted by molar-refractivity contribution is 0.535. The van der Waals surface area contributed by atoms with Crippen LogP contribution >= 0.6 is 0 Å². The van der Waals surface area contributed by atoms with Gasteiger partial charge in [-0.2, -0.15) is 0 Å². The second kappa shape index (κ2) is 2.95. The first kappa shape index (κ1) is 8.23. The predicted molar refractivity (Wildman–Crippen MR) is 56.3 cm³/mol. The molecule has 0 unspecified atom stereocenters. The number of hydrogen-bond donors (Lipinski definition) is 1. The fourth-order valence-electron chi connectivity index (χ4n) is 1.66. The topological polar surface area (TPSA) is 54.7 Å². The number of nitrogens with zero attached hydrogens (tertiary/aromatic N) is 2. The van der Waals surface area contributed by atoms with Crippen LogP contribution < -0.4 is 0 Å². The highest BCUT2D eigenvalue weighted by Crippen LogP contribution is 2.26. The largest absolute Gasteiger partial charge is 0.441 e. The van der Waals surface area contributed by atoms with E-state index in [0.717, 1.165) is 22.4 Å². The monoisotopic (exact) mass is 199 g/mol. The van der Waals surface area contributed by atoms with Crippen molar-refractivity contribution in [2.24, 2.45) is 0 Å². The third kappa shape index (κ3) is 1.22. The summed E-state index contributed by atoms with van der Waals surface area (Å²) in [6.45, 7) is 1.83. The molecule has 0 saturated heterocycles. The maximum atomic E-state index is 5.49. The molecule has 3 aromatic rings. The van der Waals surface area contributed by atoms with Crippen molar-refractivity contribution in [2.45, 2.75) is 6.92 Å². The van der Waals surface area contributed by atoms with E-state index in [1.807, 2.05) is 25.3 Å². The second-order valence-corrected chi connectivity index (χ2v) is 3.34. The van der Waals surface area contributed by atoms with Crippen molar-refractivity contribution in [1.29, 1.82) is 0 Å². The summed E-state index contributed by atoms with van der Waals surface area (Å²) in [5.74, 6) is 1.45. The van der Waals surface area contributed by atoms with Crippen molar-refractivity contribution in [3.05, 3.63) is 36.6 Å². The maximum Gasteiger partial charge on any atom is 0.191 e. The van der Waals surface area contributed by atoms with E-state index in [1.165, 1.54) is 0 Å². The standard InChI is InChI=1S/C11H9N3O/c1-7-14-6-10(15-7)8-2-4-12-11-9(8)3-5-13-11/h2-6H,1H3,(H,12,13). The minimum atomic E-state index is 0.672. The molecule has 0 saturated carbocycles. The van der Waals surface area contributed by atoms with Crippen molar-refractivity contribution >= 4 is 11.0 Å². The molecular weight excluding hydrogens is 190 g/mol. The summed E-state index contributed by atoms with van der Waals surface area (Å²) in [4.78, 5) is 11.4. The molecule has 3 aromatic heterocycles. The van der Waals surface area contributed by atoms with Gasteiger partial charge in [-0.15, -0.1) is 0 Å². The number of fused-ring (bicyclic) bond motifs is 1. The van der Waals surface area contributed by atoms with Gasteiger partial charge in [-0.25, -0.2) is 9.97 Å². The molecule has 0 aliphatic rings. The number of nitrogens with one attached hydrogen (secondary N) is 1. The van der Waals surface area contributed by atoms with Gasteiger partial charge < -0.3 is 9.40 Å². The van der Waals surface area contributed by atoms with Crippen LogP contribution in [0.1, 0.15) is 5.89 Å². The zero-order valence-corrected chi connectivity index (χ0v) is 8.19.